The number of ether oxygens (including phenoxy) is 1. The third-order valence-electron chi connectivity index (χ3n) is 2.93. The summed E-state index contributed by atoms with van der Waals surface area (Å²) in [5.41, 5.74) is 1.76. The first-order chi connectivity index (χ1) is 8.99. The Morgan fingerprint density at radius 1 is 1.37 bits per heavy atom. The predicted molar refractivity (Wildman–Crippen MR) is 72.6 cm³/mol. The second-order valence-electron chi connectivity index (χ2n) is 4.20. The fourth-order valence-electron chi connectivity index (χ4n) is 1.50. The van der Waals surface area contributed by atoms with E-state index in [9.17, 15) is 9.59 Å². The van der Waals surface area contributed by atoms with Crippen molar-refractivity contribution in [1.82, 2.24) is 5.01 Å². The average molecular weight is 265 g/mol. The molecule has 1 rings (SSSR count). The predicted octanol–water partition coefficient (Wildman–Crippen LogP) is 2.67. The Kier molecular flexibility index (Phi) is 5.32. The van der Waals surface area contributed by atoms with Gasteiger partial charge in [-0.25, -0.2) is 15.4 Å². The van der Waals surface area contributed by atoms with Crippen LogP contribution in [0.3, 0.4) is 0 Å². The third-order valence-corrected chi connectivity index (χ3v) is 2.93. The molecule has 1 aromatic carbocycles. The number of hydrogen-bond acceptors (Lipinski definition) is 4. The molecule has 1 aromatic rings. The summed E-state index contributed by atoms with van der Waals surface area (Å²) in [5, 5.41) is 2.88. The second-order valence-corrected chi connectivity index (χ2v) is 4.20. The van der Waals surface area contributed by atoms with Gasteiger partial charge in [-0.1, -0.05) is 26.0 Å². The number of urea groups is 1. The minimum absolute atomic E-state index is 0.378. The van der Waals surface area contributed by atoms with E-state index in [0.717, 1.165) is 13.5 Å². The fraction of sp³-hybridized carbons (Fsp3) is 0.385. The molecule has 0 saturated heterocycles. The Morgan fingerprint density at radius 3 is 2.42 bits per heavy atom. The van der Waals surface area contributed by atoms with Crippen LogP contribution in [0.5, 0.6) is 0 Å². The van der Waals surface area contributed by atoms with Crippen molar-refractivity contribution in [2.75, 3.05) is 12.4 Å². The topological polar surface area (TPSA) is 84.7 Å². The molecule has 0 aliphatic carbocycles. The summed E-state index contributed by atoms with van der Waals surface area (Å²) < 4.78 is 4.34. The van der Waals surface area contributed by atoms with Crippen LogP contribution in [0, 0.1) is 0 Å². The first-order valence-electron chi connectivity index (χ1n) is 6.03. The van der Waals surface area contributed by atoms with E-state index < -0.39 is 12.1 Å². The van der Waals surface area contributed by atoms with Crippen molar-refractivity contribution in [2.24, 2.45) is 5.84 Å². The van der Waals surface area contributed by atoms with Crippen LogP contribution in [0.25, 0.3) is 0 Å². The lowest BCUT2D eigenvalue weighted by Crippen LogP contribution is -2.45. The SMILES string of the molecule is CCC(C)c1ccc(NC(=O)N(N)C(=O)OC)cc1. The number of rotatable bonds is 3. The highest BCUT2D eigenvalue weighted by atomic mass is 16.5. The Morgan fingerprint density at radius 2 is 1.95 bits per heavy atom. The highest BCUT2D eigenvalue weighted by Crippen LogP contribution is 2.20. The molecule has 0 bridgehead atoms. The summed E-state index contributed by atoms with van der Waals surface area (Å²) >= 11 is 0. The van der Waals surface area contributed by atoms with Crippen LogP contribution in [0.15, 0.2) is 24.3 Å². The average Bonchev–Trinajstić information content (AvgIpc) is 2.45. The van der Waals surface area contributed by atoms with Crippen molar-refractivity contribution in [1.29, 1.82) is 0 Å². The number of nitrogens with two attached hydrogens (primary N) is 1. The zero-order valence-electron chi connectivity index (χ0n) is 11.3. The molecule has 6 nitrogen and oxygen atoms in total. The maximum Gasteiger partial charge on any atom is 0.432 e. The number of benzene rings is 1. The molecule has 0 fully saturated rings. The highest BCUT2D eigenvalue weighted by Gasteiger charge is 2.18. The van der Waals surface area contributed by atoms with E-state index in [1.165, 1.54) is 5.56 Å². The summed E-state index contributed by atoms with van der Waals surface area (Å²) in [5.74, 6) is 5.73. The second kappa shape index (κ2) is 6.75. The number of carbonyl (C=O) groups excluding carboxylic acids is 2. The van der Waals surface area contributed by atoms with Crippen LogP contribution in [-0.2, 0) is 4.74 Å². The number of anilines is 1. The Hall–Kier alpha value is -2.08. The van der Waals surface area contributed by atoms with E-state index in [0.29, 0.717) is 16.6 Å². The van der Waals surface area contributed by atoms with Gasteiger partial charge in [-0.05, 0) is 30.0 Å². The molecule has 0 radical (unpaired) electrons. The fourth-order valence-corrected chi connectivity index (χ4v) is 1.50. The molecule has 3 amide bonds. The van der Waals surface area contributed by atoms with Crippen molar-refractivity contribution in [3.63, 3.8) is 0 Å². The van der Waals surface area contributed by atoms with Gasteiger partial charge in [0.1, 0.15) is 0 Å². The first kappa shape index (κ1) is 15.0. The van der Waals surface area contributed by atoms with Crippen LogP contribution in [0.4, 0.5) is 15.3 Å². The lowest BCUT2D eigenvalue weighted by atomic mass is 9.99. The van der Waals surface area contributed by atoms with Gasteiger partial charge in [-0.2, -0.15) is 5.01 Å². The number of hydrogen-bond donors (Lipinski definition) is 2. The van der Waals surface area contributed by atoms with Crippen molar-refractivity contribution >= 4 is 17.8 Å². The van der Waals surface area contributed by atoms with Gasteiger partial charge in [0.25, 0.3) is 0 Å². The molecule has 19 heavy (non-hydrogen) atoms. The summed E-state index contributed by atoms with van der Waals surface area (Å²) in [6.07, 6.45) is 0.124. The van der Waals surface area contributed by atoms with Gasteiger partial charge >= 0.3 is 12.1 Å². The molecule has 0 saturated carbocycles. The number of nitrogens with one attached hydrogen (secondary N) is 1. The normalized spacial score (nSPS) is 11.6. The van der Waals surface area contributed by atoms with Crippen LogP contribution >= 0.6 is 0 Å². The molecule has 104 valence electrons. The Bertz CT molecular complexity index is 445. The van der Waals surface area contributed by atoms with Crippen molar-refractivity contribution in [2.45, 2.75) is 26.2 Å². The van der Waals surface area contributed by atoms with E-state index in [1.54, 1.807) is 12.1 Å². The Labute approximate surface area is 112 Å². The van der Waals surface area contributed by atoms with Crippen molar-refractivity contribution < 1.29 is 14.3 Å². The number of carbonyl (C=O) groups is 2. The van der Waals surface area contributed by atoms with E-state index in [4.69, 9.17) is 5.84 Å². The van der Waals surface area contributed by atoms with Crippen LogP contribution in [0.1, 0.15) is 31.7 Å². The van der Waals surface area contributed by atoms with Gasteiger partial charge < -0.3 is 10.1 Å². The van der Waals surface area contributed by atoms with Gasteiger partial charge in [0.05, 0.1) is 7.11 Å². The number of nitrogens with zero attached hydrogens (tertiary/aromatic N) is 1. The van der Waals surface area contributed by atoms with Crippen LogP contribution in [-0.4, -0.2) is 24.2 Å². The van der Waals surface area contributed by atoms with Crippen molar-refractivity contribution in [3.8, 4) is 0 Å². The lowest BCUT2D eigenvalue weighted by Gasteiger charge is -2.14. The largest absolute Gasteiger partial charge is 0.451 e. The monoisotopic (exact) mass is 265 g/mol. The Balaban J connectivity index is 2.68. The zero-order valence-corrected chi connectivity index (χ0v) is 11.3. The summed E-state index contributed by atoms with van der Waals surface area (Å²) in [4.78, 5) is 22.6. The molecule has 6 heteroatoms. The van der Waals surface area contributed by atoms with Gasteiger partial charge in [-0.3, -0.25) is 0 Å². The van der Waals surface area contributed by atoms with E-state index >= 15 is 0 Å². The maximum atomic E-state index is 11.6. The molecule has 0 aliphatic rings. The minimum Gasteiger partial charge on any atom is -0.451 e. The molecule has 0 heterocycles. The molecule has 0 aromatic heterocycles. The molecule has 1 unspecified atom stereocenters. The number of hydrazine groups is 1. The van der Waals surface area contributed by atoms with Gasteiger partial charge in [0, 0.05) is 5.69 Å². The van der Waals surface area contributed by atoms with Crippen LogP contribution in [0.2, 0.25) is 0 Å². The zero-order chi connectivity index (χ0) is 14.4. The standard InChI is InChI=1S/C13H19N3O3/c1-4-9(2)10-5-7-11(8-6-10)15-12(17)16(14)13(18)19-3/h5-9H,4,14H2,1-3H3,(H,15,17). The highest BCUT2D eigenvalue weighted by molar-refractivity contribution is 5.98. The number of imide groups is 1. The summed E-state index contributed by atoms with van der Waals surface area (Å²) in [6, 6.07) is 6.66. The lowest BCUT2D eigenvalue weighted by molar-refractivity contribution is 0.133. The van der Waals surface area contributed by atoms with E-state index in [-0.39, 0.29) is 0 Å². The molecular weight excluding hydrogens is 246 g/mol. The quantitative estimate of drug-likeness (QED) is 0.500. The first-order valence-corrected chi connectivity index (χ1v) is 6.03. The molecular formula is C13H19N3O3. The number of methoxy groups -OCH3 is 1. The van der Waals surface area contributed by atoms with E-state index in [2.05, 4.69) is 23.9 Å². The minimum atomic E-state index is -0.922. The van der Waals surface area contributed by atoms with E-state index in [1.807, 2.05) is 12.1 Å². The smallest absolute Gasteiger partial charge is 0.432 e. The molecule has 0 aliphatic heterocycles. The van der Waals surface area contributed by atoms with Crippen LogP contribution < -0.4 is 11.2 Å². The van der Waals surface area contributed by atoms with Gasteiger partial charge in [0.2, 0.25) is 0 Å². The molecule has 3 N–H and O–H groups in total. The third kappa shape index (κ3) is 3.96. The van der Waals surface area contributed by atoms with Crippen molar-refractivity contribution in [3.05, 3.63) is 29.8 Å². The number of amides is 3. The van der Waals surface area contributed by atoms with Gasteiger partial charge in [-0.15, -0.1) is 0 Å². The summed E-state index contributed by atoms with van der Waals surface area (Å²) in [7, 11) is 1.15. The maximum absolute atomic E-state index is 11.6. The van der Waals surface area contributed by atoms with Gasteiger partial charge in [0.15, 0.2) is 0 Å². The molecule has 0 spiro atoms. The summed E-state index contributed by atoms with van der Waals surface area (Å²) in [6.45, 7) is 4.25. The molecule has 1 atom stereocenters.